The lowest BCUT2D eigenvalue weighted by molar-refractivity contribution is -0.123. The summed E-state index contributed by atoms with van der Waals surface area (Å²) >= 11 is 0. The Labute approximate surface area is 127 Å². The van der Waals surface area contributed by atoms with Crippen LogP contribution in [0, 0.1) is 0 Å². The molecular weight excluding hydrogens is 264 g/mol. The average molecular weight is 292 g/mol. The van der Waals surface area contributed by atoms with E-state index in [1.165, 1.54) is 0 Å². The molecule has 0 spiro atoms. The lowest BCUT2D eigenvalue weighted by Gasteiger charge is -2.28. The van der Waals surface area contributed by atoms with E-state index in [1.54, 1.807) is 6.20 Å². The Morgan fingerprint density at radius 2 is 2.14 bits per heavy atom. The molecule has 1 aromatic heterocycles. The highest BCUT2D eigenvalue weighted by atomic mass is 16.1. The fourth-order valence-corrected chi connectivity index (χ4v) is 2.12. The van der Waals surface area contributed by atoms with Gasteiger partial charge in [-0.2, -0.15) is 0 Å². The molecule has 1 heterocycles. The van der Waals surface area contributed by atoms with Gasteiger partial charge in [0.05, 0.1) is 0 Å². The zero-order chi connectivity index (χ0) is 15.9. The first-order chi connectivity index (χ1) is 9.81. The topological polar surface area (TPSA) is 71.2 Å². The van der Waals surface area contributed by atoms with Crippen molar-refractivity contribution in [2.24, 2.45) is 5.73 Å². The molecule has 0 aliphatic carbocycles. The first-order valence-electron chi connectivity index (χ1n) is 7.43. The highest BCUT2D eigenvalue weighted by Crippen LogP contribution is 2.06. The van der Waals surface area contributed by atoms with Crippen LogP contribution in [-0.4, -0.2) is 47.5 Å². The van der Waals surface area contributed by atoms with Crippen LogP contribution in [0.25, 0.3) is 0 Å². The van der Waals surface area contributed by atoms with E-state index in [2.05, 4.69) is 15.2 Å². The Balaban J connectivity index is 2.45. The van der Waals surface area contributed by atoms with Crippen molar-refractivity contribution in [2.75, 3.05) is 20.1 Å². The molecule has 0 aliphatic heterocycles. The number of nitrogens with zero attached hydrogens (tertiary/aromatic N) is 2. The summed E-state index contributed by atoms with van der Waals surface area (Å²) in [5.74, 6) is 0.0441. The monoisotopic (exact) mass is 292 g/mol. The molecule has 0 radical (unpaired) electrons. The Bertz CT molecular complexity index is 428. The van der Waals surface area contributed by atoms with Crippen molar-refractivity contribution >= 4 is 5.91 Å². The lowest BCUT2D eigenvalue weighted by Crippen LogP contribution is -2.46. The maximum Gasteiger partial charge on any atom is 0.222 e. The van der Waals surface area contributed by atoms with E-state index >= 15 is 0 Å². The van der Waals surface area contributed by atoms with Crippen LogP contribution in [0.2, 0.25) is 0 Å². The van der Waals surface area contributed by atoms with Crippen molar-refractivity contribution in [3.63, 3.8) is 0 Å². The number of likely N-dealkylation sites (N-methyl/N-ethyl adjacent to an activating group) is 1. The van der Waals surface area contributed by atoms with Crippen molar-refractivity contribution in [3.05, 3.63) is 30.1 Å². The van der Waals surface area contributed by atoms with Crippen molar-refractivity contribution in [1.82, 2.24) is 15.2 Å². The molecule has 5 heteroatoms. The summed E-state index contributed by atoms with van der Waals surface area (Å²) in [7, 11) is 2.00. The van der Waals surface area contributed by atoms with Crippen LogP contribution < -0.4 is 11.1 Å². The van der Waals surface area contributed by atoms with Gasteiger partial charge >= 0.3 is 0 Å². The van der Waals surface area contributed by atoms with Crippen molar-refractivity contribution in [2.45, 2.75) is 45.2 Å². The molecule has 0 saturated heterocycles. The van der Waals surface area contributed by atoms with Gasteiger partial charge in [-0.25, -0.2) is 0 Å². The van der Waals surface area contributed by atoms with Gasteiger partial charge in [0.15, 0.2) is 0 Å². The van der Waals surface area contributed by atoms with Crippen molar-refractivity contribution in [1.29, 1.82) is 0 Å². The second-order valence-corrected chi connectivity index (χ2v) is 6.44. The average Bonchev–Trinajstić information content (AvgIpc) is 2.41. The molecule has 21 heavy (non-hydrogen) atoms. The number of hydrogen-bond acceptors (Lipinski definition) is 4. The lowest BCUT2D eigenvalue weighted by atomic mass is 10.1. The number of aromatic nitrogens is 1. The van der Waals surface area contributed by atoms with E-state index in [9.17, 15) is 4.79 Å². The van der Waals surface area contributed by atoms with E-state index in [0.717, 1.165) is 18.7 Å². The van der Waals surface area contributed by atoms with Gasteiger partial charge in [0, 0.05) is 49.4 Å². The second-order valence-electron chi connectivity index (χ2n) is 6.44. The number of nitrogens with two attached hydrogens (primary N) is 1. The van der Waals surface area contributed by atoms with Crippen LogP contribution in [-0.2, 0) is 11.2 Å². The minimum absolute atomic E-state index is 0.0441. The molecule has 0 aliphatic rings. The standard InChI is InChI=1S/C16H28N4O/c1-16(2,3)19-15(21)11-14(12-17)20(4)10-8-13-7-5-6-9-18-13/h5-7,9,14H,8,10-12,17H2,1-4H3,(H,19,21). The number of nitrogens with one attached hydrogen (secondary N) is 1. The predicted molar refractivity (Wildman–Crippen MR) is 85.9 cm³/mol. The second kappa shape index (κ2) is 8.10. The van der Waals surface area contributed by atoms with Crippen LogP contribution in [0.5, 0.6) is 0 Å². The quantitative estimate of drug-likeness (QED) is 0.792. The molecule has 5 nitrogen and oxygen atoms in total. The van der Waals surface area contributed by atoms with E-state index in [4.69, 9.17) is 5.73 Å². The summed E-state index contributed by atoms with van der Waals surface area (Å²) in [6.07, 6.45) is 3.08. The van der Waals surface area contributed by atoms with E-state index in [0.29, 0.717) is 13.0 Å². The Kier molecular flexibility index (Phi) is 6.78. The van der Waals surface area contributed by atoms with Crippen LogP contribution in [0.15, 0.2) is 24.4 Å². The predicted octanol–water partition coefficient (Wildman–Crippen LogP) is 1.19. The third-order valence-corrected chi connectivity index (χ3v) is 3.28. The third-order valence-electron chi connectivity index (χ3n) is 3.28. The highest BCUT2D eigenvalue weighted by Gasteiger charge is 2.20. The molecule has 1 atom stereocenters. The number of pyridine rings is 1. The van der Waals surface area contributed by atoms with Crippen LogP contribution in [0.3, 0.4) is 0 Å². The highest BCUT2D eigenvalue weighted by molar-refractivity contribution is 5.77. The summed E-state index contributed by atoms with van der Waals surface area (Å²) in [5, 5.41) is 2.98. The van der Waals surface area contributed by atoms with Crippen LogP contribution in [0.1, 0.15) is 32.9 Å². The smallest absolute Gasteiger partial charge is 0.222 e. The van der Waals surface area contributed by atoms with Crippen LogP contribution in [0.4, 0.5) is 0 Å². The van der Waals surface area contributed by atoms with Crippen LogP contribution >= 0.6 is 0 Å². The van der Waals surface area contributed by atoms with Crippen molar-refractivity contribution < 1.29 is 4.79 Å². The molecule has 118 valence electrons. The summed E-state index contributed by atoms with van der Waals surface area (Å²) in [6, 6.07) is 5.96. The molecule has 0 bridgehead atoms. The fourth-order valence-electron chi connectivity index (χ4n) is 2.12. The maximum atomic E-state index is 12.0. The largest absolute Gasteiger partial charge is 0.351 e. The van der Waals surface area contributed by atoms with Gasteiger partial charge in [-0.3, -0.25) is 9.78 Å². The number of amides is 1. The van der Waals surface area contributed by atoms with Gasteiger partial charge in [0.2, 0.25) is 5.91 Å². The maximum absolute atomic E-state index is 12.0. The summed E-state index contributed by atoms with van der Waals surface area (Å²) in [6.45, 7) is 7.24. The van der Waals surface area contributed by atoms with Gasteiger partial charge in [-0.1, -0.05) is 6.07 Å². The van der Waals surface area contributed by atoms with Gasteiger partial charge < -0.3 is 16.0 Å². The molecule has 0 saturated carbocycles. The normalized spacial score (nSPS) is 13.2. The van der Waals surface area contributed by atoms with Gasteiger partial charge in [-0.05, 0) is 40.0 Å². The molecule has 0 aromatic carbocycles. The molecule has 3 N–H and O–H groups in total. The Hall–Kier alpha value is -1.46. The van der Waals surface area contributed by atoms with Gasteiger partial charge in [0.25, 0.3) is 0 Å². The SMILES string of the molecule is CN(CCc1ccccn1)C(CN)CC(=O)NC(C)(C)C. The minimum Gasteiger partial charge on any atom is -0.351 e. The van der Waals surface area contributed by atoms with Gasteiger partial charge in [0.1, 0.15) is 0 Å². The zero-order valence-corrected chi connectivity index (χ0v) is 13.6. The van der Waals surface area contributed by atoms with E-state index in [-0.39, 0.29) is 17.5 Å². The number of carbonyl (C=O) groups is 1. The number of hydrogen-bond donors (Lipinski definition) is 2. The zero-order valence-electron chi connectivity index (χ0n) is 13.6. The first kappa shape index (κ1) is 17.6. The van der Waals surface area contributed by atoms with Gasteiger partial charge in [-0.15, -0.1) is 0 Å². The molecule has 0 fully saturated rings. The van der Waals surface area contributed by atoms with Crippen molar-refractivity contribution in [3.8, 4) is 0 Å². The Morgan fingerprint density at radius 3 is 2.67 bits per heavy atom. The number of rotatable bonds is 7. The van der Waals surface area contributed by atoms with E-state index in [1.807, 2.05) is 46.0 Å². The fraction of sp³-hybridized carbons (Fsp3) is 0.625. The van der Waals surface area contributed by atoms with E-state index < -0.39 is 0 Å². The summed E-state index contributed by atoms with van der Waals surface area (Å²) < 4.78 is 0. The molecule has 1 unspecified atom stereocenters. The molecule has 1 amide bonds. The molecule has 1 aromatic rings. The molecule has 1 rings (SSSR count). The first-order valence-corrected chi connectivity index (χ1v) is 7.43. The Morgan fingerprint density at radius 1 is 1.43 bits per heavy atom. The third kappa shape index (κ3) is 7.20. The summed E-state index contributed by atoms with van der Waals surface area (Å²) in [5.41, 5.74) is 6.67. The summed E-state index contributed by atoms with van der Waals surface area (Å²) in [4.78, 5) is 18.4. The molecular formula is C16H28N4O. The number of carbonyl (C=O) groups excluding carboxylic acids is 1. The minimum atomic E-state index is -0.206.